The van der Waals surface area contributed by atoms with Crippen LogP contribution in [0, 0.1) is 11.3 Å². The second-order valence-corrected chi connectivity index (χ2v) is 7.31. The molecule has 0 atom stereocenters. The lowest BCUT2D eigenvalue weighted by molar-refractivity contribution is 0.483. The van der Waals surface area contributed by atoms with E-state index in [0.717, 1.165) is 28.8 Å². The minimum Gasteiger partial charge on any atom is -0.456 e. The van der Waals surface area contributed by atoms with Crippen molar-refractivity contribution in [3.63, 3.8) is 0 Å². The van der Waals surface area contributed by atoms with Crippen LogP contribution in [0.5, 0.6) is 11.5 Å². The van der Waals surface area contributed by atoms with Crippen molar-refractivity contribution in [3.8, 4) is 17.6 Å². The van der Waals surface area contributed by atoms with Gasteiger partial charge in [-0.25, -0.2) is 9.97 Å². The van der Waals surface area contributed by atoms with Crippen LogP contribution in [0.2, 0.25) is 5.02 Å². The number of hydrogen-bond donors (Lipinski definition) is 1. The van der Waals surface area contributed by atoms with Crippen LogP contribution in [0.15, 0.2) is 60.9 Å². The van der Waals surface area contributed by atoms with E-state index in [4.69, 9.17) is 21.6 Å². The number of rotatable bonds is 6. The highest BCUT2D eigenvalue weighted by atomic mass is 35.5. The zero-order chi connectivity index (χ0) is 21.8. The van der Waals surface area contributed by atoms with Crippen LogP contribution in [0.3, 0.4) is 0 Å². The third kappa shape index (κ3) is 4.37. The molecular formula is C24H20ClN5O. The lowest BCUT2D eigenvalue weighted by atomic mass is 10.2. The Morgan fingerprint density at radius 1 is 1.19 bits per heavy atom. The van der Waals surface area contributed by atoms with E-state index < -0.39 is 0 Å². The van der Waals surface area contributed by atoms with Crippen LogP contribution >= 0.6 is 11.6 Å². The first kappa shape index (κ1) is 20.5. The maximum absolute atomic E-state index is 9.04. The molecule has 0 radical (unpaired) electrons. The summed E-state index contributed by atoms with van der Waals surface area (Å²) in [5.74, 6) is 1.74. The quantitative estimate of drug-likeness (QED) is 0.381. The fourth-order valence-electron chi connectivity index (χ4n) is 3.24. The fourth-order valence-corrected chi connectivity index (χ4v) is 3.46. The van der Waals surface area contributed by atoms with Gasteiger partial charge < -0.3 is 14.6 Å². The fraction of sp³-hybridized carbons (Fsp3) is 0.125. The number of aromatic nitrogens is 3. The maximum Gasteiger partial charge on any atom is 0.158 e. The summed E-state index contributed by atoms with van der Waals surface area (Å²) in [6.45, 7) is 2.10. The van der Waals surface area contributed by atoms with Gasteiger partial charge in [0, 0.05) is 18.4 Å². The van der Waals surface area contributed by atoms with Crippen LogP contribution in [-0.4, -0.2) is 14.5 Å². The highest BCUT2D eigenvalue weighted by Gasteiger charge is 2.12. The lowest BCUT2D eigenvalue weighted by Gasteiger charge is -2.12. The molecule has 0 spiro atoms. The van der Waals surface area contributed by atoms with Gasteiger partial charge in [0.15, 0.2) is 5.82 Å². The molecular weight excluding hydrogens is 410 g/mol. The Labute approximate surface area is 185 Å². The molecule has 0 unspecified atom stereocenters. The molecule has 0 amide bonds. The SMILES string of the molecule is CC/C=C/c1cc2ncnc(Nc3ccc(Oc4cccc(C#N)c4)c(Cl)c3)c2n1C. The van der Waals surface area contributed by atoms with E-state index in [1.165, 1.54) is 0 Å². The summed E-state index contributed by atoms with van der Waals surface area (Å²) in [7, 11) is 1.99. The normalized spacial score (nSPS) is 11.0. The first-order valence-electron chi connectivity index (χ1n) is 9.80. The Bertz CT molecular complexity index is 1320. The molecule has 0 saturated heterocycles. The Morgan fingerprint density at radius 3 is 2.84 bits per heavy atom. The van der Waals surface area contributed by atoms with Crippen molar-refractivity contribution < 1.29 is 4.74 Å². The minimum absolute atomic E-state index is 0.441. The van der Waals surface area contributed by atoms with Crippen molar-refractivity contribution in [3.05, 3.63) is 77.2 Å². The molecule has 1 N–H and O–H groups in total. The summed E-state index contributed by atoms with van der Waals surface area (Å²) in [6.07, 6.45) is 6.70. The predicted molar refractivity (Wildman–Crippen MR) is 124 cm³/mol. The second kappa shape index (κ2) is 8.90. The molecule has 2 aromatic heterocycles. The van der Waals surface area contributed by atoms with Gasteiger partial charge in [-0.2, -0.15) is 5.26 Å². The number of nitrogens with one attached hydrogen (secondary N) is 1. The largest absolute Gasteiger partial charge is 0.456 e. The smallest absolute Gasteiger partial charge is 0.158 e. The number of ether oxygens (including phenoxy) is 1. The van der Waals surface area contributed by atoms with Crippen LogP contribution in [0.25, 0.3) is 17.1 Å². The average molecular weight is 430 g/mol. The number of hydrogen-bond acceptors (Lipinski definition) is 5. The molecule has 4 aromatic rings. The van der Waals surface area contributed by atoms with Crippen molar-refractivity contribution >= 4 is 40.2 Å². The molecule has 154 valence electrons. The van der Waals surface area contributed by atoms with E-state index >= 15 is 0 Å². The summed E-state index contributed by atoms with van der Waals surface area (Å²) in [5, 5.41) is 12.8. The second-order valence-electron chi connectivity index (χ2n) is 6.91. The average Bonchev–Trinajstić information content (AvgIpc) is 3.10. The zero-order valence-electron chi connectivity index (χ0n) is 17.1. The van der Waals surface area contributed by atoms with Crippen molar-refractivity contribution in [2.24, 2.45) is 7.05 Å². The lowest BCUT2D eigenvalue weighted by Crippen LogP contribution is -2.00. The van der Waals surface area contributed by atoms with E-state index in [1.807, 2.05) is 19.2 Å². The molecule has 2 heterocycles. The van der Waals surface area contributed by atoms with Gasteiger partial charge in [0.1, 0.15) is 23.3 Å². The molecule has 0 fully saturated rings. The van der Waals surface area contributed by atoms with E-state index in [0.29, 0.717) is 27.9 Å². The Balaban J connectivity index is 1.61. The molecule has 31 heavy (non-hydrogen) atoms. The van der Waals surface area contributed by atoms with Crippen LogP contribution in [-0.2, 0) is 7.05 Å². The van der Waals surface area contributed by atoms with Crippen molar-refractivity contribution in [2.75, 3.05) is 5.32 Å². The van der Waals surface area contributed by atoms with Gasteiger partial charge in [-0.3, -0.25) is 0 Å². The Morgan fingerprint density at radius 2 is 2.06 bits per heavy atom. The molecule has 0 saturated carbocycles. The Kier molecular flexibility index (Phi) is 5.87. The van der Waals surface area contributed by atoms with Gasteiger partial charge in [-0.15, -0.1) is 0 Å². The third-order valence-corrected chi connectivity index (χ3v) is 5.06. The molecule has 7 heteroatoms. The topological polar surface area (TPSA) is 75.8 Å². The number of fused-ring (bicyclic) bond motifs is 1. The van der Waals surface area contributed by atoms with E-state index in [1.54, 1.807) is 42.7 Å². The molecule has 0 aliphatic rings. The van der Waals surface area contributed by atoms with Crippen molar-refractivity contribution in [2.45, 2.75) is 13.3 Å². The van der Waals surface area contributed by atoms with Crippen molar-refractivity contribution in [1.29, 1.82) is 5.26 Å². The summed E-state index contributed by atoms with van der Waals surface area (Å²) in [5.41, 5.74) is 4.12. The summed E-state index contributed by atoms with van der Waals surface area (Å²) in [4.78, 5) is 8.81. The van der Waals surface area contributed by atoms with E-state index in [9.17, 15) is 0 Å². The van der Waals surface area contributed by atoms with Crippen LogP contribution in [0.4, 0.5) is 11.5 Å². The molecule has 0 aliphatic heterocycles. The highest BCUT2D eigenvalue weighted by Crippen LogP contribution is 2.34. The molecule has 0 aliphatic carbocycles. The number of allylic oxidation sites excluding steroid dienone is 1. The standard InChI is InChI=1S/C24H20ClN5O/c1-3-4-7-18-13-21-23(30(18)2)24(28-15-27-21)29-17-9-10-22(20(25)12-17)31-19-8-5-6-16(11-19)14-26/h4-13,15H,3H2,1-2H3,(H,27,28,29)/b7-4+. The summed E-state index contributed by atoms with van der Waals surface area (Å²) in [6, 6.07) is 16.5. The number of anilines is 2. The van der Waals surface area contributed by atoms with Crippen LogP contribution < -0.4 is 10.1 Å². The minimum atomic E-state index is 0.441. The number of nitriles is 1. The van der Waals surface area contributed by atoms with Gasteiger partial charge in [0.25, 0.3) is 0 Å². The number of aryl methyl sites for hydroxylation is 1. The van der Waals surface area contributed by atoms with Crippen LogP contribution in [0.1, 0.15) is 24.6 Å². The zero-order valence-corrected chi connectivity index (χ0v) is 17.9. The number of nitrogens with zero attached hydrogens (tertiary/aromatic N) is 4. The highest BCUT2D eigenvalue weighted by molar-refractivity contribution is 6.32. The Hall–Kier alpha value is -3.82. The molecule has 2 aromatic carbocycles. The molecule has 0 bridgehead atoms. The third-order valence-electron chi connectivity index (χ3n) is 4.77. The van der Waals surface area contributed by atoms with Crippen molar-refractivity contribution in [1.82, 2.24) is 14.5 Å². The maximum atomic E-state index is 9.04. The number of benzene rings is 2. The van der Waals surface area contributed by atoms with E-state index in [-0.39, 0.29) is 0 Å². The van der Waals surface area contributed by atoms with Gasteiger partial charge in [0.2, 0.25) is 0 Å². The van der Waals surface area contributed by atoms with Gasteiger partial charge >= 0.3 is 0 Å². The van der Waals surface area contributed by atoms with Gasteiger partial charge in [0.05, 0.1) is 22.2 Å². The first-order valence-corrected chi connectivity index (χ1v) is 10.2. The van der Waals surface area contributed by atoms with E-state index in [2.05, 4.69) is 45.0 Å². The molecule has 6 nitrogen and oxygen atoms in total. The predicted octanol–water partition coefficient (Wildman–Crippen LogP) is 6.45. The monoisotopic (exact) mass is 429 g/mol. The van der Waals surface area contributed by atoms with Gasteiger partial charge in [-0.1, -0.05) is 30.7 Å². The first-order chi connectivity index (χ1) is 15.1. The molecule has 4 rings (SSSR count). The number of halogens is 1. The summed E-state index contributed by atoms with van der Waals surface area (Å²) < 4.78 is 7.90. The summed E-state index contributed by atoms with van der Waals surface area (Å²) >= 11 is 6.45. The van der Waals surface area contributed by atoms with Gasteiger partial charge in [-0.05, 0) is 55.0 Å².